The fraction of sp³-hybridized carbons (Fsp3) is 0.500. The Morgan fingerprint density at radius 1 is 1.24 bits per heavy atom. The van der Waals surface area contributed by atoms with Crippen molar-refractivity contribution in [2.24, 2.45) is 0 Å². The van der Waals surface area contributed by atoms with Crippen molar-refractivity contribution in [3.05, 3.63) is 35.9 Å². The molecule has 2 aromatic heterocycles. The normalized spacial score (nSPS) is 18.4. The number of rotatable bonds is 5. The van der Waals surface area contributed by atoms with Crippen molar-refractivity contribution < 1.29 is 9.84 Å². The Bertz CT molecular complexity index is 724. The number of likely N-dealkylation sites (N-methyl/N-ethyl adjacent to an activating group) is 1. The van der Waals surface area contributed by atoms with Crippen molar-refractivity contribution in [2.45, 2.75) is 26.3 Å². The first kappa shape index (κ1) is 17.6. The van der Waals surface area contributed by atoms with E-state index in [0.29, 0.717) is 17.7 Å². The number of nitrogens with zero attached hydrogens (tertiary/aromatic N) is 5. The molecule has 7 heteroatoms. The monoisotopic (exact) mass is 343 g/mol. The SMILES string of the molecule is Cc1ncccc1Oc1ncnc(N2CCN(C)[C@@H](CCO)C2)c1C. The zero-order valence-corrected chi connectivity index (χ0v) is 15.0. The molecule has 3 rings (SSSR count). The molecular weight excluding hydrogens is 318 g/mol. The lowest BCUT2D eigenvalue weighted by Gasteiger charge is -2.40. The van der Waals surface area contributed by atoms with Crippen LogP contribution in [-0.2, 0) is 0 Å². The van der Waals surface area contributed by atoms with Gasteiger partial charge < -0.3 is 14.7 Å². The number of piperazine rings is 1. The van der Waals surface area contributed by atoms with Gasteiger partial charge in [-0.2, -0.15) is 0 Å². The Morgan fingerprint density at radius 2 is 2.08 bits per heavy atom. The van der Waals surface area contributed by atoms with Crippen LogP contribution < -0.4 is 9.64 Å². The van der Waals surface area contributed by atoms with Crippen molar-refractivity contribution >= 4 is 5.82 Å². The summed E-state index contributed by atoms with van der Waals surface area (Å²) in [5.74, 6) is 2.15. The fourth-order valence-corrected chi connectivity index (χ4v) is 3.13. The number of anilines is 1. The van der Waals surface area contributed by atoms with E-state index in [1.165, 1.54) is 0 Å². The van der Waals surface area contributed by atoms with Gasteiger partial charge in [0.05, 0.1) is 11.3 Å². The third-order valence-corrected chi connectivity index (χ3v) is 4.72. The van der Waals surface area contributed by atoms with Gasteiger partial charge >= 0.3 is 0 Å². The molecule has 0 saturated carbocycles. The maximum absolute atomic E-state index is 9.29. The summed E-state index contributed by atoms with van der Waals surface area (Å²) in [5, 5.41) is 9.29. The van der Waals surface area contributed by atoms with E-state index in [4.69, 9.17) is 4.74 Å². The number of hydrogen-bond acceptors (Lipinski definition) is 7. The first-order chi connectivity index (χ1) is 12.1. The quantitative estimate of drug-likeness (QED) is 0.887. The van der Waals surface area contributed by atoms with Crippen LogP contribution in [0.15, 0.2) is 24.7 Å². The predicted molar refractivity (Wildman–Crippen MR) is 96.2 cm³/mol. The van der Waals surface area contributed by atoms with Crippen molar-refractivity contribution in [3.63, 3.8) is 0 Å². The predicted octanol–water partition coefficient (Wildman–Crippen LogP) is 1.78. The molecule has 134 valence electrons. The first-order valence-corrected chi connectivity index (χ1v) is 8.57. The van der Waals surface area contributed by atoms with Crippen LogP contribution in [-0.4, -0.2) is 64.3 Å². The zero-order chi connectivity index (χ0) is 17.8. The minimum absolute atomic E-state index is 0.195. The molecule has 0 aromatic carbocycles. The summed E-state index contributed by atoms with van der Waals surface area (Å²) in [7, 11) is 2.10. The second-order valence-corrected chi connectivity index (χ2v) is 6.41. The average molecular weight is 343 g/mol. The number of aliphatic hydroxyl groups excluding tert-OH is 1. The van der Waals surface area contributed by atoms with E-state index >= 15 is 0 Å². The van der Waals surface area contributed by atoms with Gasteiger partial charge in [0, 0.05) is 38.5 Å². The average Bonchev–Trinajstić information content (AvgIpc) is 2.61. The summed E-state index contributed by atoms with van der Waals surface area (Å²) in [6.45, 7) is 6.75. The Kier molecular flexibility index (Phi) is 5.45. The van der Waals surface area contributed by atoms with E-state index in [2.05, 4.69) is 31.8 Å². The number of ether oxygens (including phenoxy) is 1. The summed E-state index contributed by atoms with van der Waals surface area (Å²) < 4.78 is 5.98. The molecule has 0 unspecified atom stereocenters. The summed E-state index contributed by atoms with van der Waals surface area (Å²) >= 11 is 0. The van der Waals surface area contributed by atoms with Crippen molar-refractivity contribution in [1.29, 1.82) is 0 Å². The van der Waals surface area contributed by atoms with Crippen LogP contribution in [0.5, 0.6) is 11.6 Å². The molecule has 0 bridgehead atoms. The molecule has 0 aliphatic carbocycles. The van der Waals surface area contributed by atoms with Crippen molar-refractivity contribution in [2.75, 3.05) is 38.2 Å². The number of aryl methyl sites for hydroxylation is 1. The van der Waals surface area contributed by atoms with Gasteiger partial charge in [-0.05, 0) is 39.4 Å². The van der Waals surface area contributed by atoms with Gasteiger partial charge in [0.25, 0.3) is 0 Å². The van der Waals surface area contributed by atoms with E-state index in [-0.39, 0.29) is 6.61 Å². The maximum Gasteiger partial charge on any atom is 0.227 e. The first-order valence-electron chi connectivity index (χ1n) is 8.57. The molecule has 2 aromatic rings. The Hall–Kier alpha value is -2.25. The molecule has 1 aliphatic heterocycles. The van der Waals surface area contributed by atoms with Crippen molar-refractivity contribution in [1.82, 2.24) is 19.9 Å². The number of aromatic nitrogens is 3. The van der Waals surface area contributed by atoms with Gasteiger partial charge in [0.1, 0.15) is 12.1 Å². The molecule has 3 heterocycles. The molecule has 7 nitrogen and oxygen atoms in total. The summed E-state index contributed by atoms with van der Waals surface area (Å²) in [6.07, 6.45) is 4.05. The Balaban J connectivity index is 1.82. The minimum Gasteiger partial charge on any atom is -0.437 e. The van der Waals surface area contributed by atoms with Gasteiger partial charge in [0.2, 0.25) is 5.88 Å². The molecule has 1 saturated heterocycles. The standard InChI is InChI=1S/C18H25N5O2/c1-13-17(23-9-8-22(3)15(11-23)6-10-24)20-12-21-18(13)25-16-5-4-7-19-14(16)2/h4-5,7,12,15,24H,6,8-11H2,1-3H3/t15-/m0/s1. The number of hydrogen-bond donors (Lipinski definition) is 1. The van der Waals surface area contributed by atoms with Crippen LogP contribution in [0.25, 0.3) is 0 Å². The number of aliphatic hydroxyl groups is 1. The Labute approximate surface area is 148 Å². The third-order valence-electron chi connectivity index (χ3n) is 4.72. The van der Waals surface area contributed by atoms with Gasteiger partial charge in [0.15, 0.2) is 5.75 Å². The highest BCUT2D eigenvalue weighted by atomic mass is 16.5. The van der Waals surface area contributed by atoms with E-state index in [0.717, 1.165) is 43.1 Å². The molecule has 0 spiro atoms. The molecule has 1 aliphatic rings. The smallest absolute Gasteiger partial charge is 0.227 e. The highest BCUT2D eigenvalue weighted by Gasteiger charge is 2.26. The summed E-state index contributed by atoms with van der Waals surface area (Å²) in [6, 6.07) is 4.05. The highest BCUT2D eigenvalue weighted by molar-refractivity contribution is 5.51. The van der Waals surface area contributed by atoms with E-state index in [1.807, 2.05) is 26.0 Å². The Morgan fingerprint density at radius 3 is 2.84 bits per heavy atom. The van der Waals surface area contributed by atoms with Crippen LogP contribution in [0.1, 0.15) is 17.7 Å². The van der Waals surface area contributed by atoms with Crippen LogP contribution >= 0.6 is 0 Å². The number of pyridine rings is 1. The van der Waals surface area contributed by atoms with Gasteiger partial charge in [-0.3, -0.25) is 9.88 Å². The minimum atomic E-state index is 0.195. The molecule has 1 atom stereocenters. The molecular formula is C18H25N5O2. The molecule has 25 heavy (non-hydrogen) atoms. The van der Waals surface area contributed by atoms with Gasteiger partial charge in [-0.25, -0.2) is 9.97 Å². The lowest BCUT2D eigenvalue weighted by atomic mass is 10.1. The fourth-order valence-electron chi connectivity index (χ4n) is 3.13. The maximum atomic E-state index is 9.29. The second kappa shape index (κ2) is 7.76. The lowest BCUT2D eigenvalue weighted by Crippen LogP contribution is -2.52. The van der Waals surface area contributed by atoms with Gasteiger partial charge in [-0.1, -0.05) is 0 Å². The van der Waals surface area contributed by atoms with E-state index < -0.39 is 0 Å². The molecule has 1 fully saturated rings. The van der Waals surface area contributed by atoms with E-state index in [1.54, 1.807) is 12.5 Å². The van der Waals surface area contributed by atoms with Crippen molar-refractivity contribution in [3.8, 4) is 11.6 Å². The van der Waals surface area contributed by atoms with Gasteiger partial charge in [-0.15, -0.1) is 0 Å². The zero-order valence-electron chi connectivity index (χ0n) is 15.0. The largest absolute Gasteiger partial charge is 0.437 e. The summed E-state index contributed by atoms with van der Waals surface area (Å²) in [5.41, 5.74) is 1.74. The van der Waals surface area contributed by atoms with Crippen LogP contribution in [0.3, 0.4) is 0 Å². The van der Waals surface area contributed by atoms with E-state index in [9.17, 15) is 5.11 Å². The summed E-state index contributed by atoms with van der Waals surface area (Å²) in [4.78, 5) is 17.6. The third kappa shape index (κ3) is 3.88. The molecule has 0 amide bonds. The van der Waals surface area contributed by atoms with Crippen LogP contribution in [0.4, 0.5) is 5.82 Å². The highest BCUT2D eigenvalue weighted by Crippen LogP contribution is 2.30. The topological polar surface area (TPSA) is 74.6 Å². The van der Waals surface area contributed by atoms with Crippen LogP contribution in [0, 0.1) is 13.8 Å². The van der Waals surface area contributed by atoms with Crippen LogP contribution in [0.2, 0.25) is 0 Å². The molecule has 1 N–H and O–H groups in total. The lowest BCUT2D eigenvalue weighted by molar-refractivity contribution is 0.170. The second-order valence-electron chi connectivity index (χ2n) is 6.41. The molecule has 0 radical (unpaired) electrons.